The summed E-state index contributed by atoms with van der Waals surface area (Å²) in [6, 6.07) is 8.97. The van der Waals surface area contributed by atoms with Gasteiger partial charge < -0.3 is 14.6 Å². The molecule has 1 fully saturated rings. The number of rotatable bonds is 5. The van der Waals surface area contributed by atoms with E-state index in [0.29, 0.717) is 12.6 Å². The van der Waals surface area contributed by atoms with Crippen LogP contribution in [-0.2, 0) is 15.4 Å². The van der Waals surface area contributed by atoms with Crippen molar-refractivity contribution < 1.29 is 8.85 Å². The van der Waals surface area contributed by atoms with Gasteiger partial charge in [0.2, 0.25) is 0 Å². The monoisotopic (exact) mass is 279 g/mol. The smallest absolute Gasteiger partial charge is 0.384 e. The molecule has 1 aromatic carbocycles. The van der Waals surface area contributed by atoms with E-state index in [0.717, 1.165) is 13.0 Å². The van der Waals surface area contributed by atoms with E-state index in [1.807, 2.05) is 0 Å². The Hall–Kier alpha value is -0.723. The number of nitrogens with zero attached hydrogens (tertiary/aromatic N) is 1. The summed E-state index contributed by atoms with van der Waals surface area (Å²) in [5.41, 5.74) is 8.26. The molecule has 0 aromatic heterocycles. The average molecular weight is 279 g/mol. The minimum atomic E-state index is -1.34. The molecule has 19 heavy (non-hydrogen) atoms. The molecule has 1 unspecified atom stereocenters. The lowest BCUT2D eigenvalue weighted by molar-refractivity contribution is 0.144. The molecule has 2 N–H and O–H groups in total. The quantitative estimate of drug-likeness (QED) is 0.837. The van der Waals surface area contributed by atoms with Crippen LogP contribution in [0, 0.1) is 0 Å². The molecule has 1 aromatic rings. The first-order valence-electron chi connectivity index (χ1n) is 6.80. The van der Waals surface area contributed by atoms with E-state index in [1.165, 1.54) is 24.0 Å². The molecule has 1 heterocycles. The maximum atomic E-state index is 5.74. The summed E-state index contributed by atoms with van der Waals surface area (Å²) in [6.45, 7) is 1.64. The van der Waals surface area contributed by atoms with E-state index in [4.69, 9.17) is 14.6 Å². The van der Waals surface area contributed by atoms with Crippen molar-refractivity contribution in [3.05, 3.63) is 35.4 Å². The lowest BCUT2D eigenvalue weighted by atomic mass is 9.96. The van der Waals surface area contributed by atoms with Crippen molar-refractivity contribution in [3.8, 4) is 0 Å². The highest BCUT2D eigenvalue weighted by Crippen LogP contribution is 2.32. The Balaban J connectivity index is 2.22. The van der Waals surface area contributed by atoms with Crippen molar-refractivity contribution >= 4 is 9.45 Å². The molecule has 5 heteroatoms. The predicted molar refractivity (Wildman–Crippen MR) is 77.4 cm³/mol. The maximum Gasteiger partial charge on any atom is 0.491 e. The Bertz CT molecular complexity index is 399. The van der Waals surface area contributed by atoms with Crippen molar-refractivity contribution in [1.82, 2.24) is 4.57 Å². The standard InChI is InChI=1S/C14H23N2O2Si/c1-17-19(18-2)16-9-4-3-8-14(16)13-7-5-6-12(10-13)11-15/h5-7,10,14H,3-4,8-9,11,15H2,1-2H3. The minimum absolute atomic E-state index is 0.397. The molecule has 1 radical (unpaired) electrons. The van der Waals surface area contributed by atoms with Gasteiger partial charge in [0, 0.05) is 26.8 Å². The molecule has 1 aliphatic heterocycles. The van der Waals surface area contributed by atoms with E-state index in [2.05, 4.69) is 28.8 Å². The summed E-state index contributed by atoms with van der Waals surface area (Å²) in [5, 5.41) is 0. The molecule has 4 nitrogen and oxygen atoms in total. The topological polar surface area (TPSA) is 47.7 Å². The summed E-state index contributed by atoms with van der Waals surface area (Å²) in [7, 11) is 2.14. The summed E-state index contributed by atoms with van der Waals surface area (Å²) in [6.07, 6.45) is 3.64. The highest BCUT2D eigenvalue weighted by atomic mass is 28.3. The van der Waals surface area contributed by atoms with Crippen LogP contribution < -0.4 is 5.73 Å². The Kier molecular flexibility index (Phi) is 5.54. The van der Waals surface area contributed by atoms with Crippen molar-refractivity contribution in [2.75, 3.05) is 20.8 Å². The summed E-state index contributed by atoms with van der Waals surface area (Å²) in [5.74, 6) is 0. The Labute approximate surface area is 117 Å². The molecular weight excluding hydrogens is 256 g/mol. The zero-order valence-electron chi connectivity index (χ0n) is 11.8. The molecule has 0 aliphatic carbocycles. The Morgan fingerprint density at radius 2 is 2.11 bits per heavy atom. The normalized spacial score (nSPS) is 20.9. The first kappa shape index (κ1) is 14.7. The van der Waals surface area contributed by atoms with Crippen LogP contribution in [0.4, 0.5) is 0 Å². The summed E-state index contributed by atoms with van der Waals surface area (Å²) >= 11 is 0. The Morgan fingerprint density at radius 3 is 2.79 bits per heavy atom. The van der Waals surface area contributed by atoms with Crippen molar-refractivity contribution in [3.63, 3.8) is 0 Å². The number of hydrogen-bond donors (Lipinski definition) is 1. The molecule has 0 saturated carbocycles. The largest absolute Gasteiger partial charge is 0.491 e. The summed E-state index contributed by atoms with van der Waals surface area (Å²) < 4.78 is 13.4. The van der Waals surface area contributed by atoms with Gasteiger partial charge in [0.15, 0.2) is 0 Å². The van der Waals surface area contributed by atoms with Crippen LogP contribution in [0.2, 0.25) is 0 Å². The number of piperidine rings is 1. The van der Waals surface area contributed by atoms with Gasteiger partial charge in [0.1, 0.15) is 0 Å². The molecule has 0 bridgehead atoms. The van der Waals surface area contributed by atoms with E-state index in [9.17, 15) is 0 Å². The van der Waals surface area contributed by atoms with Gasteiger partial charge in [-0.2, -0.15) is 0 Å². The van der Waals surface area contributed by atoms with Crippen LogP contribution in [0.3, 0.4) is 0 Å². The van der Waals surface area contributed by atoms with Gasteiger partial charge in [-0.15, -0.1) is 0 Å². The van der Waals surface area contributed by atoms with Crippen molar-refractivity contribution in [1.29, 1.82) is 0 Å². The summed E-state index contributed by atoms with van der Waals surface area (Å²) in [4.78, 5) is 0. The maximum absolute atomic E-state index is 5.74. The number of benzene rings is 1. The van der Waals surface area contributed by atoms with E-state index in [-0.39, 0.29) is 0 Å². The fraction of sp³-hybridized carbons (Fsp3) is 0.571. The van der Waals surface area contributed by atoms with E-state index in [1.54, 1.807) is 14.2 Å². The lowest BCUT2D eigenvalue weighted by Crippen LogP contribution is -2.47. The van der Waals surface area contributed by atoms with Gasteiger partial charge in [0.25, 0.3) is 0 Å². The van der Waals surface area contributed by atoms with Gasteiger partial charge in [-0.25, -0.2) is 0 Å². The Morgan fingerprint density at radius 1 is 1.32 bits per heavy atom. The highest BCUT2D eigenvalue weighted by molar-refractivity contribution is 6.41. The third-order valence-corrected chi connectivity index (χ3v) is 5.36. The van der Waals surface area contributed by atoms with Crippen LogP contribution in [0.25, 0.3) is 0 Å². The zero-order chi connectivity index (χ0) is 13.7. The van der Waals surface area contributed by atoms with Crippen LogP contribution in [-0.4, -0.2) is 34.8 Å². The zero-order valence-corrected chi connectivity index (χ0v) is 12.8. The van der Waals surface area contributed by atoms with Gasteiger partial charge >= 0.3 is 9.45 Å². The number of nitrogens with two attached hydrogens (primary N) is 1. The first-order valence-corrected chi connectivity index (χ1v) is 8.07. The van der Waals surface area contributed by atoms with Gasteiger partial charge in [-0.3, -0.25) is 4.57 Å². The third kappa shape index (κ3) is 3.43. The second-order valence-corrected chi connectivity index (χ2v) is 6.75. The molecule has 2 rings (SSSR count). The second-order valence-electron chi connectivity index (χ2n) is 4.83. The van der Waals surface area contributed by atoms with E-state index >= 15 is 0 Å². The van der Waals surface area contributed by atoms with Gasteiger partial charge in [-0.1, -0.05) is 30.7 Å². The molecule has 0 spiro atoms. The molecule has 105 valence electrons. The lowest BCUT2D eigenvalue weighted by Gasteiger charge is -2.37. The molecule has 1 atom stereocenters. The molecule has 1 saturated heterocycles. The predicted octanol–water partition coefficient (Wildman–Crippen LogP) is 1.95. The van der Waals surface area contributed by atoms with Crippen molar-refractivity contribution in [2.24, 2.45) is 5.73 Å². The van der Waals surface area contributed by atoms with Crippen molar-refractivity contribution in [2.45, 2.75) is 31.8 Å². The van der Waals surface area contributed by atoms with Crippen LogP contribution in [0.15, 0.2) is 24.3 Å². The van der Waals surface area contributed by atoms with Gasteiger partial charge in [-0.05, 0) is 30.5 Å². The average Bonchev–Trinajstić information content (AvgIpc) is 2.49. The second kappa shape index (κ2) is 7.16. The fourth-order valence-electron chi connectivity index (χ4n) is 2.74. The number of hydrogen-bond acceptors (Lipinski definition) is 4. The SMILES string of the molecule is CO[Si](OC)N1CCCCC1c1cccc(CN)c1. The first-order chi connectivity index (χ1) is 9.30. The fourth-order valence-corrected chi connectivity index (χ4v) is 4.25. The third-order valence-electron chi connectivity index (χ3n) is 3.66. The van der Waals surface area contributed by atoms with E-state index < -0.39 is 9.45 Å². The molecule has 1 aliphatic rings. The molecule has 0 amide bonds. The van der Waals surface area contributed by atoms with Crippen LogP contribution >= 0.6 is 0 Å². The highest BCUT2D eigenvalue weighted by Gasteiger charge is 2.33. The van der Waals surface area contributed by atoms with Crippen LogP contribution in [0.5, 0.6) is 0 Å². The van der Waals surface area contributed by atoms with Gasteiger partial charge in [0.05, 0.1) is 0 Å². The molecular formula is C14H23N2O2Si. The minimum Gasteiger partial charge on any atom is -0.384 e. The van der Waals surface area contributed by atoms with Crippen LogP contribution in [0.1, 0.15) is 36.4 Å².